The third-order valence-corrected chi connectivity index (χ3v) is 7.19. The number of hydrogen-bond acceptors (Lipinski definition) is 15. The van der Waals surface area contributed by atoms with E-state index in [-0.39, 0.29) is 16.7 Å². The standard InChI is InChI=1S/C27H30O15/c28-8-15-19(32)21(34)23(36)27(40-15)42-25-16(9-29)41-26(24(37)22(25)35)39-14-7-13-17(20(33)18(14)31)11(30)6-12(38-13)10-4-2-1-3-5-10/h1-7,15-16,19,21-29,31-37H,8-9H2/t15-,16-,19-,21+,22-,23-,24-,25-,26+,27-/m1/s1. The molecule has 228 valence electrons. The highest BCUT2D eigenvalue weighted by atomic mass is 16.7. The van der Waals surface area contributed by atoms with E-state index in [2.05, 4.69) is 0 Å². The molecular formula is C27H30O15. The topological polar surface area (TPSA) is 249 Å². The molecule has 42 heavy (non-hydrogen) atoms. The molecule has 2 fully saturated rings. The van der Waals surface area contributed by atoms with Crippen molar-refractivity contribution in [2.75, 3.05) is 13.2 Å². The van der Waals surface area contributed by atoms with Crippen molar-refractivity contribution in [3.8, 4) is 28.6 Å². The van der Waals surface area contributed by atoms with Gasteiger partial charge in [-0.15, -0.1) is 0 Å². The van der Waals surface area contributed by atoms with Crippen molar-refractivity contribution in [3.63, 3.8) is 0 Å². The molecule has 2 saturated heterocycles. The highest BCUT2D eigenvalue weighted by Gasteiger charge is 2.51. The molecular weight excluding hydrogens is 564 g/mol. The molecule has 0 unspecified atom stereocenters. The van der Waals surface area contributed by atoms with Crippen LogP contribution in [0.2, 0.25) is 0 Å². The zero-order valence-corrected chi connectivity index (χ0v) is 21.7. The monoisotopic (exact) mass is 594 g/mol. The first-order valence-corrected chi connectivity index (χ1v) is 12.9. The van der Waals surface area contributed by atoms with Crippen LogP contribution in [0.1, 0.15) is 0 Å². The number of fused-ring (bicyclic) bond motifs is 1. The molecule has 10 atom stereocenters. The molecule has 0 aliphatic carbocycles. The molecule has 3 aromatic rings. The van der Waals surface area contributed by atoms with Crippen LogP contribution >= 0.6 is 0 Å². The van der Waals surface area contributed by atoms with Crippen LogP contribution in [0.4, 0.5) is 0 Å². The predicted molar refractivity (Wildman–Crippen MR) is 138 cm³/mol. The van der Waals surface area contributed by atoms with Crippen molar-refractivity contribution in [2.45, 2.75) is 61.4 Å². The number of aromatic hydroxyl groups is 2. The number of aliphatic hydroxyl groups excluding tert-OH is 7. The van der Waals surface area contributed by atoms with E-state index in [4.69, 9.17) is 23.4 Å². The number of hydrogen-bond donors (Lipinski definition) is 9. The van der Waals surface area contributed by atoms with Crippen molar-refractivity contribution < 1.29 is 69.3 Å². The fourth-order valence-electron chi connectivity index (χ4n) is 4.88. The third-order valence-electron chi connectivity index (χ3n) is 7.19. The van der Waals surface area contributed by atoms with E-state index in [1.807, 2.05) is 0 Å². The Morgan fingerprint density at radius 3 is 2.05 bits per heavy atom. The quantitative estimate of drug-likeness (QED) is 0.133. The SMILES string of the molecule is O=c1cc(-c2ccccc2)oc2cc(O[C@H]3O[C@H](CO)[C@@H](O[C@H]4O[C@H](CO)[C@@H](O)[C@H](O)[C@H]4O)[C@H](O)[C@H]3O)c(O)c(O)c12. The summed E-state index contributed by atoms with van der Waals surface area (Å²) in [6.07, 6.45) is -17.0. The maximum Gasteiger partial charge on any atom is 0.229 e. The summed E-state index contributed by atoms with van der Waals surface area (Å²) in [7, 11) is 0. The molecule has 0 radical (unpaired) electrons. The normalized spacial score (nSPS) is 33.5. The summed E-state index contributed by atoms with van der Waals surface area (Å²) in [4.78, 5) is 12.7. The van der Waals surface area contributed by atoms with Gasteiger partial charge in [0.25, 0.3) is 0 Å². The molecule has 2 aliphatic rings. The number of phenols is 2. The Bertz CT molecular complexity index is 1440. The Kier molecular flexibility index (Phi) is 8.68. The lowest BCUT2D eigenvalue weighted by atomic mass is 9.97. The van der Waals surface area contributed by atoms with E-state index in [1.165, 1.54) is 0 Å². The highest BCUT2D eigenvalue weighted by Crippen LogP contribution is 2.43. The minimum absolute atomic E-state index is 0.155. The van der Waals surface area contributed by atoms with Crippen molar-refractivity contribution in [2.24, 2.45) is 0 Å². The van der Waals surface area contributed by atoms with Crippen molar-refractivity contribution in [3.05, 3.63) is 52.7 Å². The fraction of sp³-hybridized carbons (Fsp3) is 0.444. The smallest absolute Gasteiger partial charge is 0.229 e. The van der Waals surface area contributed by atoms with Crippen LogP contribution in [0.3, 0.4) is 0 Å². The lowest BCUT2D eigenvalue weighted by Crippen LogP contribution is -2.65. The van der Waals surface area contributed by atoms with E-state index >= 15 is 0 Å². The summed E-state index contributed by atoms with van der Waals surface area (Å²) in [5.74, 6) is -2.12. The number of phenolic OH excluding ortho intramolecular Hbond substituents is 2. The number of aliphatic hydroxyl groups is 7. The van der Waals surface area contributed by atoms with Gasteiger partial charge in [0.05, 0.1) is 13.2 Å². The van der Waals surface area contributed by atoms with Crippen molar-refractivity contribution in [1.29, 1.82) is 0 Å². The van der Waals surface area contributed by atoms with E-state index in [9.17, 15) is 50.8 Å². The molecule has 0 spiro atoms. The molecule has 2 aromatic carbocycles. The molecule has 9 N–H and O–H groups in total. The molecule has 0 bridgehead atoms. The fourth-order valence-corrected chi connectivity index (χ4v) is 4.88. The Balaban J connectivity index is 1.40. The molecule has 0 saturated carbocycles. The van der Waals surface area contributed by atoms with Gasteiger partial charge >= 0.3 is 0 Å². The van der Waals surface area contributed by atoms with Gasteiger partial charge in [-0.25, -0.2) is 0 Å². The lowest BCUT2D eigenvalue weighted by Gasteiger charge is -2.45. The van der Waals surface area contributed by atoms with Gasteiger partial charge in [-0.2, -0.15) is 0 Å². The van der Waals surface area contributed by atoms with Gasteiger partial charge in [-0.05, 0) is 0 Å². The average Bonchev–Trinajstić information content (AvgIpc) is 2.99. The van der Waals surface area contributed by atoms with Gasteiger partial charge < -0.3 is 69.3 Å². The summed E-state index contributed by atoms with van der Waals surface area (Å²) >= 11 is 0. The van der Waals surface area contributed by atoms with Gasteiger partial charge in [0.1, 0.15) is 65.6 Å². The van der Waals surface area contributed by atoms with Gasteiger partial charge in [0.15, 0.2) is 23.2 Å². The van der Waals surface area contributed by atoms with Crippen LogP contribution < -0.4 is 10.2 Å². The first kappa shape index (κ1) is 30.1. The van der Waals surface area contributed by atoms with Crippen LogP contribution in [0.5, 0.6) is 17.2 Å². The van der Waals surface area contributed by atoms with Gasteiger partial charge in [-0.1, -0.05) is 30.3 Å². The Labute approximate surface area is 236 Å². The molecule has 1 aromatic heterocycles. The van der Waals surface area contributed by atoms with Crippen LogP contribution in [0.25, 0.3) is 22.3 Å². The zero-order valence-electron chi connectivity index (χ0n) is 21.7. The maximum atomic E-state index is 12.7. The largest absolute Gasteiger partial charge is 0.504 e. The summed E-state index contributed by atoms with van der Waals surface area (Å²) in [5.41, 5.74) is -0.288. The summed E-state index contributed by atoms with van der Waals surface area (Å²) in [6, 6.07) is 10.8. The molecule has 2 aliphatic heterocycles. The number of rotatable bonds is 7. The molecule has 15 nitrogen and oxygen atoms in total. The highest BCUT2D eigenvalue weighted by molar-refractivity contribution is 5.89. The van der Waals surface area contributed by atoms with Crippen LogP contribution in [0, 0.1) is 0 Å². The summed E-state index contributed by atoms with van der Waals surface area (Å²) < 4.78 is 27.6. The second-order valence-corrected chi connectivity index (χ2v) is 9.91. The average molecular weight is 595 g/mol. The molecule has 3 heterocycles. The van der Waals surface area contributed by atoms with Gasteiger partial charge in [0, 0.05) is 17.7 Å². The zero-order chi connectivity index (χ0) is 30.3. The van der Waals surface area contributed by atoms with Gasteiger partial charge in [-0.3, -0.25) is 4.79 Å². The molecule has 5 rings (SSSR count). The van der Waals surface area contributed by atoms with E-state index in [0.717, 1.165) is 12.1 Å². The summed E-state index contributed by atoms with van der Waals surface area (Å²) in [6.45, 7) is -1.57. The third kappa shape index (κ3) is 5.43. The minimum atomic E-state index is -1.93. The van der Waals surface area contributed by atoms with Gasteiger partial charge in [0.2, 0.25) is 12.0 Å². The predicted octanol–water partition coefficient (Wildman–Crippen LogP) is -2.13. The second kappa shape index (κ2) is 12.1. The summed E-state index contributed by atoms with van der Waals surface area (Å²) in [5, 5.41) is 91.9. The number of benzene rings is 2. The number of ether oxygens (including phenoxy) is 4. The first-order chi connectivity index (χ1) is 20.0. The Morgan fingerprint density at radius 1 is 0.738 bits per heavy atom. The van der Waals surface area contributed by atoms with Crippen LogP contribution in [0.15, 0.2) is 51.7 Å². The van der Waals surface area contributed by atoms with Crippen LogP contribution in [-0.4, -0.2) is 121 Å². The van der Waals surface area contributed by atoms with Crippen LogP contribution in [-0.2, 0) is 14.2 Å². The lowest BCUT2D eigenvalue weighted by molar-refractivity contribution is -0.352. The molecule has 0 amide bonds. The van der Waals surface area contributed by atoms with Crippen molar-refractivity contribution >= 4 is 11.0 Å². The Morgan fingerprint density at radius 2 is 1.38 bits per heavy atom. The van der Waals surface area contributed by atoms with Crippen molar-refractivity contribution in [1.82, 2.24) is 0 Å². The van der Waals surface area contributed by atoms with E-state index in [0.29, 0.717) is 5.56 Å². The minimum Gasteiger partial charge on any atom is -0.504 e. The maximum absolute atomic E-state index is 12.7. The first-order valence-electron chi connectivity index (χ1n) is 12.9. The molecule has 15 heteroatoms. The van der Waals surface area contributed by atoms with E-state index in [1.54, 1.807) is 30.3 Å². The Hall–Kier alpha value is -3.35. The van der Waals surface area contributed by atoms with E-state index < -0.39 is 97.3 Å². The second-order valence-electron chi connectivity index (χ2n) is 9.91.